The van der Waals surface area contributed by atoms with Gasteiger partial charge in [-0.2, -0.15) is 10.1 Å². The lowest BCUT2D eigenvalue weighted by atomic mass is 10.0. The molecule has 3 rings (SSSR count). The maximum absolute atomic E-state index is 12.8. The van der Waals surface area contributed by atoms with Gasteiger partial charge in [0.25, 0.3) is 5.91 Å². The first-order chi connectivity index (χ1) is 13.0. The van der Waals surface area contributed by atoms with E-state index in [0.717, 1.165) is 11.1 Å². The Balaban J connectivity index is 1.81. The lowest BCUT2D eigenvalue weighted by Crippen LogP contribution is -2.23. The smallest absolute Gasteiger partial charge is 0.266 e. The van der Waals surface area contributed by atoms with E-state index < -0.39 is 0 Å². The number of amides is 1. The van der Waals surface area contributed by atoms with E-state index in [9.17, 15) is 4.79 Å². The molecule has 5 heteroatoms. The van der Waals surface area contributed by atoms with E-state index >= 15 is 0 Å². The van der Waals surface area contributed by atoms with Gasteiger partial charge >= 0.3 is 0 Å². The number of amidine groups is 1. The lowest BCUT2D eigenvalue weighted by Gasteiger charge is -2.07. The largest absolute Gasteiger partial charge is 0.287 e. The molecule has 2 aromatic rings. The first-order valence-electron chi connectivity index (χ1n) is 8.89. The molecule has 0 bridgehead atoms. The average molecular weight is 378 g/mol. The van der Waals surface area contributed by atoms with Gasteiger partial charge in [0.05, 0.1) is 11.1 Å². The Bertz CT molecular complexity index is 910. The van der Waals surface area contributed by atoms with Crippen molar-refractivity contribution in [2.75, 3.05) is 7.05 Å². The highest BCUT2D eigenvalue weighted by Gasteiger charge is 2.33. The molecule has 1 fully saturated rings. The number of hydrazone groups is 1. The molecular formula is C22H23N3OS. The summed E-state index contributed by atoms with van der Waals surface area (Å²) in [5.41, 5.74) is 4.40. The van der Waals surface area contributed by atoms with Crippen LogP contribution in [-0.4, -0.2) is 29.3 Å². The summed E-state index contributed by atoms with van der Waals surface area (Å²) in [5.74, 6) is 0.330. The first-order valence-corrected chi connectivity index (χ1v) is 9.71. The minimum absolute atomic E-state index is 0.156. The molecule has 0 N–H and O–H groups in total. The van der Waals surface area contributed by atoms with E-state index in [1.54, 1.807) is 13.3 Å². The van der Waals surface area contributed by atoms with Crippen molar-refractivity contribution in [2.24, 2.45) is 10.1 Å². The first kappa shape index (κ1) is 19.1. The molecule has 0 saturated carbocycles. The summed E-state index contributed by atoms with van der Waals surface area (Å²) in [7, 11) is 1.67. The highest BCUT2D eigenvalue weighted by molar-refractivity contribution is 8.18. The molecule has 0 unspecified atom stereocenters. The predicted molar refractivity (Wildman–Crippen MR) is 115 cm³/mol. The molecule has 4 nitrogen and oxygen atoms in total. The fourth-order valence-electron chi connectivity index (χ4n) is 2.62. The van der Waals surface area contributed by atoms with Crippen LogP contribution in [-0.2, 0) is 4.79 Å². The van der Waals surface area contributed by atoms with E-state index in [1.807, 2.05) is 49.4 Å². The van der Waals surface area contributed by atoms with Gasteiger partial charge in [-0.3, -0.25) is 9.79 Å². The predicted octanol–water partition coefficient (Wildman–Crippen LogP) is 5.05. The van der Waals surface area contributed by atoms with Crippen LogP contribution in [0.2, 0.25) is 0 Å². The van der Waals surface area contributed by atoms with Crippen LogP contribution in [0.1, 0.15) is 42.0 Å². The van der Waals surface area contributed by atoms with Gasteiger partial charge in [-0.15, -0.1) is 0 Å². The fourth-order valence-corrected chi connectivity index (χ4v) is 3.49. The molecule has 1 aliphatic heterocycles. The number of carbonyl (C=O) groups is 1. The highest BCUT2D eigenvalue weighted by atomic mass is 32.2. The Morgan fingerprint density at radius 1 is 1.00 bits per heavy atom. The van der Waals surface area contributed by atoms with Gasteiger partial charge < -0.3 is 0 Å². The van der Waals surface area contributed by atoms with Crippen molar-refractivity contribution in [1.82, 2.24) is 5.01 Å². The van der Waals surface area contributed by atoms with Crippen LogP contribution >= 0.6 is 11.8 Å². The molecule has 0 aromatic heterocycles. The number of hydrogen-bond acceptors (Lipinski definition) is 4. The van der Waals surface area contributed by atoms with Gasteiger partial charge in [0, 0.05) is 7.05 Å². The lowest BCUT2D eigenvalue weighted by molar-refractivity contribution is -0.122. The van der Waals surface area contributed by atoms with Gasteiger partial charge in [0.1, 0.15) is 0 Å². The van der Waals surface area contributed by atoms with E-state index in [2.05, 4.69) is 36.1 Å². The number of rotatable bonds is 4. The summed E-state index contributed by atoms with van der Waals surface area (Å²) in [6.45, 7) is 6.36. The zero-order chi connectivity index (χ0) is 19.4. The zero-order valence-electron chi connectivity index (χ0n) is 16.0. The van der Waals surface area contributed by atoms with Gasteiger partial charge in [0.15, 0.2) is 5.17 Å². The van der Waals surface area contributed by atoms with Crippen LogP contribution in [0.25, 0.3) is 6.08 Å². The fraction of sp³-hybridized carbons (Fsp3) is 0.227. The molecule has 0 spiro atoms. The summed E-state index contributed by atoms with van der Waals surface area (Å²) in [6, 6.07) is 16.3. The van der Waals surface area contributed by atoms with Gasteiger partial charge in [-0.25, -0.2) is 0 Å². The molecule has 0 radical (unpaired) electrons. The molecule has 0 aliphatic carbocycles. The Morgan fingerprint density at radius 3 is 2.22 bits per heavy atom. The van der Waals surface area contributed by atoms with Gasteiger partial charge in [-0.05, 0) is 47.4 Å². The number of nitrogens with zero attached hydrogens (tertiary/aromatic N) is 3. The van der Waals surface area contributed by atoms with Crippen molar-refractivity contribution in [2.45, 2.75) is 26.7 Å². The molecule has 1 amide bonds. The standard InChI is InChI=1S/C22H23N3OS/c1-15(2)19-11-9-17(10-12-19)13-20-21(26)25(22(23-4)27-20)24-14-18-7-5-16(3)6-8-18/h5-15H,1-4H3/b20-13-,23-22?,24-14-. The summed E-state index contributed by atoms with van der Waals surface area (Å²) in [6.07, 6.45) is 3.58. The van der Waals surface area contributed by atoms with Crippen molar-refractivity contribution in [1.29, 1.82) is 0 Å². The molecule has 1 saturated heterocycles. The van der Waals surface area contributed by atoms with Crippen LogP contribution in [0.4, 0.5) is 0 Å². The third kappa shape index (κ3) is 4.55. The van der Waals surface area contributed by atoms with Crippen molar-refractivity contribution in [3.05, 3.63) is 75.7 Å². The van der Waals surface area contributed by atoms with Gasteiger partial charge in [0.2, 0.25) is 0 Å². The molecule has 2 aromatic carbocycles. The molecule has 0 atom stereocenters. The van der Waals surface area contributed by atoms with E-state index in [4.69, 9.17) is 0 Å². The Hall–Kier alpha value is -2.66. The van der Waals surface area contributed by atoms with Crippen molar-refractivity contribution in [3.8, 4) is 0 Å². The molecule has 27 heavy (non-hydrogen) atoms. The third-order valence-electron chi connectivity index (χ3n) is 4.28. The molecule has 1 aliphatic rings. The second-order valence-corrected chi connectivity index (χ2v) is 7.72. The second kappa shape index (κ2) is 8.35. The van der Waals surface area contributed by atoms with Crippen molar-refractivity contribution >= 4 is 35.1 Å². The zero-order valence-corrected chi connectivity index (χ0v) is 16.8. The van der Waals surface area contributed by atoms with Crippen LogP contribution < -0.4 is 0 Å². The van der Waals surface area contributed by atoms with Crippen LogP contribution in [0.5, 0.6) is 0 Å². The Morgan fingerprint density at radius 2 is 1.63 bits per heavy atom. The third-order valence-corrected chi connectivity index (χ3v) is 5.33. The second-order valence-electron chi connectivity index (χ2n) is 6.71. The van der Waals surface area contributed by atoms with Crippen LogP contribution in [0.15, 0.2) is 63.5 Å². The minimum atomic E-state index is -0.156. The number of carbonyl (C=O) groups excluding carboxylic acids is 1. The van der Waals surface area contributed by atoms with E-state index in [0.29, 0.717) is 16.0 Å². The van der Waals surface area contributed by atoms with Crippen LogP contribution in [0, 0.1) is 6.92 Å². The topological polar surface area (TPSA) is 45.0 Å². The Kier molecular flexibility index (Phi) is 5.91. The quantitative estimate of drug-likeness (QED) is 0.552. The normalized spacial score (nSPS) is 17.8. The van der Waals surface area contributed by atoms with Crippen molar-refractivity contribution in [3.63, 3.8) is 0 Å². The molecular weight excluding hydrogens is 354 g/mol. The number of hydrogen-bond donors (Lipinski definition) is 0. The maximum atomic E-state index is 12.8. The number of thioether (sulfide) groups is 1. The van der Waals surface area contributed by atoms with E-state index in [1.165, 1.54) is 27.9 Å². The summed E-state index contributed by atoms with van der Waals surface area (Å²) in [4.78, 5) is 17.6. The number of aryl methyl sites for hydroxylation is 1. The number of benzene rings is 2. The van der Waals surface area contributed by atoms with Crippen molar-refractivity contribution < 1.29 is 4.79 Å². The summed E-state index contributed by atoms with van der Waals surface area (Å²) in [5, 5.41) is 6.29. The summed E-state index contributed by atoms with van der Waals surface area (Å²) < 4.78 is 0. The highest BCUT2D eigenvalue weighted by Crippen LogP contribution is 2.32. The minimum Gasteiger partial charge on any atom is -0.266 e. The summed E-state index contributed by atoms with van der Waals surface area (Å²) >= 11 is 1.34. The Labute approximate surface area is 164 Å². The van der Waals surface area contributed by atoms with E-state index in [-0.39, 0.29) is 5.91 Å². The SMILES string of the molecule is CN=C1S/C(=C\c2ccc(C(C)C)cc2)C(=O)N1/N=C\c1ccc(C)cc1. The number of aliphatic imine (C=N–C) groups is 1. The monoisotopic (exact) mass is 377 g/mol. The molecule has 138 valence electrons. The maximum Gasteiger partial charge on any atom is 0.287 e. The van der Waals surface area contributed by atoms with Crippen LogP contribution in [0.3, 0.4) is 0 Å². The van der Waals surface area contributed by atoms with Gasteiger partial charge in [-0.1, -0.05) is 67.9 Å². The molecule has 1 heterocycles. The average Bonchev–Trinajstić information content (AvgIpc) is 2.97.